The second-order valence-electron chi connectivity index (χ2n) is 4.57. The van der Waals surface area contributed by atoms with Gasteiger partial charge in [-0.2, -0.15) is 0 Å². The van der Waals surface area contributed by atoms with Crippen molar-refractivity contribution in [1.29, 1.82) is 0 Å². The Balaban J connectivity index is 2.38. The molecule has 1 aromatic rings. The molecule has 5 nitrogen and oxygen atoms in total. The Morgan fingerprint density at radius 2 is 1.90 bits per heavy atom. The highest BCUT2D eigenvalue weighted by molar-refractivity contribution is 5.96. The number of benzene rings is 1. The first-order chi connectivity index (χ1) is 9.58. The van der Waals surface area contributed by atoms with E-state index in [1.165, 1.54) is 4.90 Å². The smallest absolute Gasteiger partial charge is 0.317 e. The minimum Gasteiger partial charge on any atom is -0.395 e. The molecule has 0 atom stereocenters. The van der Waals surface area contributed by atoms with E-state index in [4.69, 9.17) is 5.11 Å². The Kier molecular flexibility index (Phi) is 6.73. The monoisotopic (exact) mass is 278 g/mol. The second kappa shape index (κ2) is 8.32. The van der Waals surface area contributed by atoms with Gasteiger partial charge in [-0.05, 0) is 13.8 Å². The molecule has 5 heteroatoms. The summed E-state index contributed by atoms with van der Waals surface area (Å²) in [7, 11) is 0. The van der Waals surface area contributed by atoms with Crippen LogP contribution >= 0.6 is 0 Å². The standard InChI is InChI=1S/C15H22N2O3/c1-3-17(10-11-18)15(20)16-9-8-14(19)13-6-4-12(2)5-7-13/h4-7,18H,3,8-11H2,1-2H3,(H,16,20). The van der Waals surface area contributed by atoms with Gasteiger partial charge in [0.2, 0.25) is 0 Å². The van der Waals surface area contributed by atoms with Crippen LogP contribution in [0.2, 0.25) is 0 Å². The zero-order chi connectivity index (χ0) is 15.0. The van der Waals surface area contributed by atoms with E-state index in [2.05, 4.69) is 5.32 Å². The lowest BCUT2D eigenvalue weighted by molar-refractivity contribution is 0.0982. The molecule has 0 aromatic heterocycles. The highest BCUT2D eigenvalue weighted by Crippen LogP contribution is 2.05. The molecule has 0 unspecified atom stereocenters. The molecule has 2 N–H and O–H groups in total. The maximum Gasteiger partial charge on any atom is 0.317 e. The van der Waals surface area contributed by atoms with Crippen LogP contribution in [0, 0.1) is 6.92 Å². The number of nitrogens with zero attached hydrogens (tertiary/aromatic N) is 1. The summed E-state index contributed by atoms with van der Waals surface area (Å²) in [5, 5.41) is 11.5. The molecule has 2 amide bonds. The maximum atomic E-state index is 11.9. The van der Waals surface area contributed by atoms with E-state index in [0.717, 1.165) is 5.56 Å². The average molecular weight is 278 g/mol. The molecule has 0 saturated heterocycles. The molecule has 1 aromatic carbocycles. The molecule has 1 rings (SSSR count). The van der Waals surface area contributed by atoms with Crippen molar-refractivity contribution in [2.45, 2.75) is 20.3 Å². The van der Waals surface area contributed by atoms with Gasteiger partial charge in [-0.1, -0.05) is 29.8 Å². The van der Waals surface area contributed by atoms with E-state index < -0.39 is 0 Å². The van der Waals surface area contributed by atoms with Crippen LogP contribution in [-0.2, 0) is 0 Å². The van der Waals surface area contributed by atoms with Crippen molar-refractivity contribution < 1.29 is 14.7 Å². The molecular formula is C15H22N2O3. The fourth-order valence-corrected chi connectivity index (χ4v) is 1.80. The van der Waals surface area contributed by atoms with E-state index in [0.29, 0.717) is 25.2 Å². The zero-order valence-electron chi connectivity index (χ0n) is 12.1. The van der Waals surface area contributed by atoms with Gasteiger partial charge in [0.05, 0.1) is 6.61 Å². The Morgan fingerprint density at radius 3 is 2.45 bits per heavy atom. The first-order valence-electron chi connectivity index (χ1n) is 6.82. The van der Waals surface area contributed by atoms with Gasteiger partial charge in [0, 0.05) is 31.6 Å². The number of aliphatic hydroxyl groups is 1. The van der Waals surface area contributed by atoms with Gasteiger partial charge in [0.15, 0.2) is 5.78 Å². The van der Waals surface area contributed by atoms with E-state index in [9.17, 15) is 9.59 Å². The zero-order valence-corrected chi connectivity index (χ0v) is 12.1. The molecular weight excluding hydrogens is 256 g/mol. The SMILES string of the molecule is CCN(CCO)C(=O)NCCC(=O)c1ccc(C)cc1. The summed E-state index contributed by atoms with van der Waals surface area (Å²) in [6.45, 7) is 4.87. The van der Waals surface area contributed by atoms with E-state index >= 15 is 0 Å². The number of carbonyl (C=O) groups excluding carboxylic acids is 2. The number of aliphatic hydroxyl groups excluding tert-OH is 1. The van der Waals surface area contributed by atoms with E-state index in [-0.39, 0.29) is 24.8 Å². The molecule has 20 heavy (non-hydrogen) atoms. The maximum absolute atomic E-state index is 11.9. The van der Waals surface area contributed by atoms with Crippen molar-refractivity contribution >= 4 is 11.8 Å². The largest absolute Gasteiger partial charge is 0.395 e. The lowest BCUT2D eigenvalue weighted by Crippen LogP contribution is -2.42. The Morgan fingerprint density at radius 1 is 1.25 bits per heavy atom. The van der Waals surface area contributed by atoms with Crippen LogP contribution in [0.5, 0.6) is 0 Å². The number of Topliss-reactive ketones (excluding diaryl/α,β-unsaturated/α-hetero) is 1. The van der Waals surface area contributed by atoms with Crippen LogP contribution in [0.1, 0.15) is 29.3 Å². The number of urea groups is 1. The summed E-state index contributed by atoms with van der Waals surface area (Å²) < 4.78 is 0. The first kappa shape index (κ1) is 16.2. The summed E-state index contributed by atoms with van der Waals surface area (Å²) >= 11 is 0. The number of likely N-dealkylation sites (N-methyl/N-ethyl adjacent to an activating group) is 1. The molecule has 0 bridgehead atoms. The Labute approximate surface area is 119 Å². The average Bonchev–Trinajstić information content (AvgIpc) is 2.45. The summed E-state index contributed by atoms with van der Waals surface area (Å²) in [5.74, 6) is 0.00973. The number of hydrogen-bond acceptors (Lipinski definition) is 3. The van der Waals surface area contributed by atoms with E-state index in [1.807, 2.05) is 26.0 Å². The van der Waals surface area contributed by atoms with Gasteiger partial charge in [0.25, 0.3) is 0 Å². The number of aryl methyl sites for hydroxylation is 1. The van der Waals surface area contributed by atoms with Crippen LogP contribution < -0.4 is 5.32 Å². The normalized spacial score (nSPS) is 10.2. The lowest BCUT2D eigenvalue weighted by Gasteiger charge is -2.19. The van der Waals surface area contributed by atoms with Crippen LogP contribution in [-0.4, -0.2) is 48.1 Å². The number of rotatable bonds is 7. The third-order valence-electron chi connectivity index (χ3n) is 3.04. The molecule has 0 spiro atoms. The topological polar surface area (TPSA) is 69.6 Å². The molecule has 0 fully saturated rings. The Bertz CT molecular complexity index is 443. The van der Waals surface area contributed by atoms with Gasteiger partial charge in [0.1, 0.15) is 0 Å². The number of ketones is 1. The van der Waals surface area contributed by atoms with Crippen molar-refractivity contribution in [2.24, 2.45) is 0 Å². The van der Waals surface area contributed by atoms with E-state index in [1.54, 1.807) is 12.1 Å². The molecule has 0 radical (unpaired) electrons. The first-order valence-corrected chi connectivity index (χ1v) is 6.82. The molecule has 0 saturated carbocycles. The minimum absolute atomic E-state index is 0.00973. The summed E-state index contributed by atoms with van der Waals surface area (Å²) in [4.78, 5) is 25.1. The van der Waals surface area contributed by atoms with Gasteiger partial charge < -0.3 is 15.3 Å². The number of nitrogens with one attached hydrogen (secondary N) is 1. The summed E-state index contributed by atoms with van der Waals surface area (Å²) in [6.07, 6.45) is 0.269. The third-order valence-corrected chi connectivity index (χ3v) is 3.04. The molecule has 0 aliphatic carbocycles. The van der Waals surface area contributed by atoms with Gasteiger partial charge in [-0.3, -0.25) is 4.79 Å². The highest BCUT2D eigenvalue weighted by atomic mass is 16.3. The molecule has 0 aliphatic rings. The minimum atomic E-state index is -0.252. The number of amides is 2. The van der Waals surface area contributed by atoms with Crippen LogP contribution in [0.3, 0.4) is 0 Å². The van der Waals surface area contributed by atoms with Crippen molar-refractivity contribution in [2.75, 3.05) is 26.2 Å². The van der Waals surface area contributed by atoms with Crippen molar-refractivity contribution in [3.05, 3.63) is 35.4 Å². The molecule has 0 heterocycles. The fourth-order valence-electron chi connectivity index (χ4n) is 1.80. The fraction of sp³-hybridized carbons (Fsp3) is 0.467. The predicted molar refractivity (Wildman–Crippen MR) is 77.9 cm³/mol. The predicted octanol–water partition coefficient (Wildman–Crippen LogP) is 1.59. The van der Waals surface area contributed by atoms with Crippen molar-refractivity contribution in [1.82, 2.24) is 10.2 Å². The number of hydrogen-bond donors (Lipinski definition) is 2. The Hall–Kier alpha value is -1.88. The highest BCUT2D eigenvalue weighted by Gasteiger charge is 2.11. The lowest BCUT2D eigenvalue weighted by atomic mass is 10.1. The quantitative estimate of drug-likeness (QED) is 0.744. The summed E-state index contributed by atoms with van der Waals surface area (Å²) in [5.41, 5.74) is 1.77. The van der Waals surface area contributed by atoms with Crippen LogP contribution in [0.15, 0.2) is 24.3 Å². The molecule has 110 valence electrons. The number of carbonyl (C=O) groups is 2. The van der Waals surface area contributed by atoms with Crippen LogP contribution in [0.4, 0.5) is 4.79 Å². The summed E-state index contributed by atoms with van der Waals surface area (Å²) in [6, 6.07) is 7.13. The van der Waals surface area contributed by atoms with Gasteiger partial charge in [-0.25, -0.2) is 4.79 Å². The van der Waals surface area contributed by atoms with Crippen LogP contribution in [0.25, 0.3) is 0 Å². The van der Waals surface area contributed by atoms with Gasteiger partial charge >= 0.3 is 6.03 Å². The molecule has 0 aliphatic heterocycles. The van der Waals surface area contributed by atoms with Gasteiger partial charge in [-0.15, -0.1) is 0 Å². The second-order valence-corrected chi connectivity index (χ2v) is 4.57. The van der Waals surface area contributed by atoms with Crippen molar-refractivity contribution in [3.63, 3.8) is 0 Å². The third kappa shape index (κ3) is 5.01. The van der Waals surface area contributed by atoms with Crippen molar-refractivity contribution in [3.8, 4) is 0 Å².